The van der Waals surface area contributed by atoms with Crippen molar-refractivity contribution in [3.05, 3.63) is 12.7 Å². The SMILES string of the molecule is C=CCCCC(=O)C1(OC)CCCC1. The third kappa shape index (κ3) is 2.44. The van der Waals surface area contributed by atoms with Crippen LogP contribution in [0.5, 0.6) is 0 Å². The minimum Gasteiger partial charge on any atom is -0.370 e. The lowest BCUT2D eigenvalue weighted by molar-refractivity contribution is -0.140. The molecule has 0 aliphatic heterocycles. The van der Waals surface area contributed by atoms with Crippen molar-refractivity contribution in [3.63, 3.8) is 0 Å². The highest BCUT2D eigenvalue weighted by Crippen LogP contribution is 2.34. The van der Waals surface area contributed by atoms with Gasteiger partial charge in [-0.2, -0.15) is 0 Å². The molecular formula is C12H20O2. The zero-order chi connectivity index (χ0) is 10.4. The molecule has 0 spiro atoms. The second-order valence-corrected chi connectivity index (χ2v) is 4.01. The van der Waals surface area contributed by atoms with Gasteiger partial charge in [0.2, 0.25) is 0 Å². The standard InChI is InChI=1S/C12H20O2/c1-3-4-5-8-11(13)12(14-2)9-6-7-10-12/h3H,1,4-10H2,2H3. The van der Waals surface area contributed by atoms with Crippen LogP contribution >= 0.6 is 0 Å². The first kappa shape index (κ1) is 11.4. The highest BCUT2D eigenvalue weighted by molar-refractivity contribution is 5.87. The molecule has 2 nitrogen and oxygen atoms in total. The number of unbranched alkanes of at least 4 members (excludes halogenated alkanes) is 1. The summed E-state index contributed by atoms with van der Waals surface area (Å²) in [6.45, 7) is 3.65. The number of ether oxygens (including phenoxy) is 1. The Balaban J connectivity index is 2.43. The summed E-state index contributed by atoms with van der Waals surface area (Å²) in [6, 6.07) is 0. The third-order valence-electron chi connectivity index (χ3n) is 3.12. The molecular weight excluding hydrogens is 176 g/mol. The molecule has 1 aliphatic rings. The first-order valence-corrected chi connectivity index (χ1v) is 5.44. The average molecular weight is 196 g/mol. The third-order valence-corrected chi connectivity index (χ3v) is 3.12. The van der Waals surface area contributed by atoms with Crippen LogP contribution in [0.3, 0.4) is 0 Å². The van der Waals surface area contributed by atoms with E-state index in [0.717, 1.165) is 38.5 Å². The largest absolute Gasteiger partial charge is 0.370 e. The Morgan fingerprint density at radius 1 is 1.50 bits per heavy atom. The van der Waals surface area contributed by atoms with Gasteiger partial charge in [-0.1, -0.05) is 6.08 Å². The molecule has 0 aromatic carbocycles. The monoisotopic (exact) mass is 196 g/mol. The van der Waals surface area contributed by atoms with Crippen molar-refractivity contribution in [1.29, 1.82) is 0 Å². The Bertz CT molecular complexity index is 202. The Labute approximate surface area is 86.3 Å². The van der Waals surface area contributed by atoms with Gasteiger partial charge in [-0.25, -0.2) is 0 Å². The molecule has 1 fully saturated rings. The van der Waals surface area contributed by atoms with E-state index in [1.807, 2.05) is 6.08 Å². The van der Waals surface area contributed by atoms with Gasteiger partial charge in [-0.3, -0.25) is 4.79 Å². The Morgan fingerprint density at radius 2 is 2.14 bits per heavy atom. The molecule has 0 saturated heterocycles. The first-order chi connectivity index (χ1) is 6.75. The molecule has 80 valence electrons. The highest BCUT2D eigenvalue weighted by Gasteiger charge is 2.39. The number of hydrogen-bond donors (Lipinski definition) is 0. The number of Topliss-reactive ketones (excluding diaryl/α,β-unsaturated/α-hetero) is 1. The van der Waals surface area contributed by atoms with Gasteiger partial charge in [-0.15, -0.1) is 6.58 Å². The van der Waals surface area contributed by atoms with E-state index in [1.165, 1.54) is 0 Å². The van der Waals surface area contributed by atoms with Crippen molar-refractivity contribution in [2.45, 2.75) is 50.5 Å². The number of rotatable bonds is 6. The molecule has 0 unspecified atom stereocenters. The van der Waals surface area contributed by atoms with E-state index in [9.17, 15) is 4.79 Å². The minimum atomic E-state index is -0.429. The van der Waals surface area contributed by atoms with Crippen LogP contribution in [0.15, 0.2) is 12.7 Å². The molecule has 0 bridgehead atoms. The van der Waals surface area contributed by atoms with E-state index >= 15 is 0 Å². The van der Waals surface area contributed by atoms with Gasteiger partial charge in [0.1, 0.15) is 5.60 Å². The minimum absolute atomic E-state index is 0.291. The van der Waals surface area contributed by atoms with Gasteiger partial charge >= 0.3 is 0 Å². The summed E-state index contributed by atoms with van der Waals surface area (Å²) < 4.78 is 5.42. The van der Waals surface area contributed by atoms with Crippen molar-refractivity contribution >= 4 is 5.78 Å². The maximum Gasteiger partial charge on any atom is 0.164 e. The molecule has 0 aromatic heterocycles. The predicted octanol–water partition coefficient (Wildman–Crippen LogP) is 2.87. The number of allylic oxidation sites excluding steroid dienone is 1. The van der Waals surface area contributed by atoms with Crippen LogP contribution in [0.25, 0.3) is 0 Å². The lowest BCUT2D eigenvalue weighted by atomic mass is 9.92. The van der Waals surface area contributed by atoms with Gasteiger partial charge in [0.05, 0.1) is 0 Å². The van der Waals surface area contributed by atoms with Crippen LogP contribution in [0.4, 0.5) is 0 Å². The van der Waals surface area contributed by atoms with Crippen molar-refractivity contribution in [2.75, 3.05) is 7.11 Å². The number of carbonyl (C=O) groups is 1. The summed E-state index contributed by atoms with van der Waals surface area (Å²) in [7, 11) is 1.66. The Hall–Kier alpha value is -0.630. The lowest BCUT2D eigenvalue weighted by Crippen LogP contribution is -2.37. The number of ketones is 1. The zero-order valence-electron chi connectivity index (χ0n) is 9.05. The summed E-state index contributed by atoms with van der Waals surface area (Å²) in [5.74, 6) is 0.291. The van der Waals surface area contributed by atoms with Crippen molar-refractivity contribution in [3.8, 4) is 0 Å². The normalized spacial score (nSPS) is 19.5. The number of hydrogen-bond acceptors (Lipinski definition) is 2. The van der Waals surface area contributed by atoms with E-state index in [4.69, 9.17) is 4.74 Å². The number of methoxy groups -OCH3 is 1. The Morgan fingerprint density at radius 3 is 2.64 bits per heavy atom. The quantitative estimate of drug-likeness (QED) is 0.482. The fourth-order valence-electron chi connectivity index (χ4n) is 2.18. The van der Waals surface area contributed by atoms with Crippen LogP contribution in [0, 0.1) is 0 Å². The van der Waals surface area contributed by atoms with E-state index in [-0.39, 0.29) is 0 Å². The smallest absolute Gasteiger partial charge is 0.164 e. The van der Waals surface area contributed by atoms with Crippen molar-refractivity contribution in [1.82, 2.24) is 0 Å². The van der Waals surface area contributed by atoms with Crippen LogP contribution in [0.1, 0.15) is 44.9 Å². The van der Waals surface area contributed by atoms with E-state index in [2.05, 4.69) is 6.58 Å². The highest BCUT2D eigenvalue weighted by atomic mass is 16.5. The zero-order valence-corrected chi connectivity index (χ0v) is 9.05. The summed E-state index contributed by atoms with van der Waals surface area (Å²) in [6.07, 6.45) is 8.41. The summed E-state index contributed by atoms with van der Waals surface area (Å²) >= 11 is 0. The topological polar surface area (TPSA) is 26.3 Å². The van der Waals surface area contributed by atoms with Gasteiger partial charge in [-0.05, 0) is 38.5 Å². The molecule has 2 heteroatoms. The van der Waals surface area contributed by atoms with Gasteiger partial charge in [0, 0.05) is 13.5 Å². The maximum atomic E-state index is 11.9. The van der Waals surface area contributed by atoms with Crippen LogP contribution < -0.4 is 0 Å². The molecule has 0 N–H and O–H groups in total. The van der Waals surface area contributed by atoms with Crippen molar-refractivity contribution in [2.24, 2.45) is 0 Å². The van der Waals surface area contributed by atoms with Gasteiger partial charge in [0.25, 0.3) is 0 Å². The molecule has 1 saturated carbocycles. The molecule has 14 heavy (non-hydrogen) atoms. The van der Waals surface area contributed by atoms with Crippen LogP contribution in [0.2, 0.25) is 0 Å². The van der Waals surface area contributed by atoms with Gasteiger partial charge in [0.15, 0.2) is 5.78 Å². The maximum absolute atomic E-state index is 11.9. The van der Waals surface area contributed by atoms with Crippen molar-refractivity contribution < 1.29 is 9.53 Å². The molecule has 0 amide bonds. The number of carbonyl (C=O) groups excluding carboxylic acids is 1. The van der Waals surface area contributed by atoms with E-state index < -0.39 is 5.60 Å². The first-order valence-electron chi connectivity index (χ1n) is 5.44. The van der Waals surface area contributed by atoms with E-state index in [0.29, 0.717) is 12.2 Å². The van der Waals surface area contributed by atoms with Gasteiger partial charge < -0.3 is 4.74 Å². The fraction of sp³-hybridized carbons (Fsp3) is 0.750. The molecule has 0 aromatic rings. The molecule has 0 heterocycles. The summed E-state index contributed by atoms with van der Waals surface area (Å²) in [4.78, 5) is 11.9. The van der Waals surface area contributed by atoms with E-state index in [1.54, 1.807) is 7.11 Å². The van der Waals surface area contributed by atoms with Crippen LogP contribution in [-0.2, 0) is 9.53 Å². The molecule has 0 radical (unpaired) electrons. The predicted molar refractivity (Wildman–Crippen MR) is 57.3 cm³/mol. The Kier molecular flexibility index (Phi) is 4.33. The molecule has 0 atom stereocenters. The average Bonchev–Trinajstić information content (AvgIpc) is 2.67. The second kappa shape index (κ2) is 5.30. The summed E-state index contributed by atoms with van der Waals surface area (Å²) in [5.41, 5.74) is -0.429. The van der Waals surface area contributed by atoms with Crippen LogP contribution in [-0.4, -0.2) is 18.5 Å². The molecule has 1 aliphatic carbocycles. The lowest BCUT2D eigenvalue weighted by Gasteiger charge is -2.25. The summed E-state index contributed by atoms with van der Waals surface area (Å²) in [5, 5.41) is 0. The fourth-order valence-corrected chi connectivity index (χ4v) is 2.18. The molecule has 1 rings (SSSR count). The second-order valence-electron chi connectivity index (χ2n) is 4.01.